The van der Waals surface area contributed by atoms with Crippen molar-refractivity contribution in [2.45, 2.75) is 9.96 Å². The van der Waals surface area contributed by atoms with E-state index in [0.717, 1.165) is 4.47 Å². The van der Waals surface area contributed by atoms with Crippen molar-refractivity contribution in [2.75, 3.05) is 12.4 Å². The Hall–Kier alpha value is -1.85. The molecule has 13 heteroatoms. The first-order valence-electron chi connectivity index (χ1n) is 8.04. The third-order valence-electron chi connectivity index (χ3n) is 3.63. The van der Waals surface area contributed by atoms with E-state index in [0.29, 0.717) is 11.3 Å². The summed E-state index contributed by atoms with van der Waals surface area (Å²) in [6.07, 6.45) is -1.22. The highest BCUT2D eigenvalue weighted by Crippen LogP contribution is 2.31. The Labute approximate surface area is 200 Å². The quantitative estimate of drug-likeness (QED) is 0.155. The molecule has 0 radical (unpaired) electrons. The number of anilines is 1. The van der Waals surface area contributed by atoms with Gasteiger partial charge in [0.1, 0.15) is 11.9 Å². The van der Waals surface area contributed by atoms with Crippen LogP contribution in [0.1, 0.15) is 10.4 Å². The van der Waals surface area contributed by atoms with E-state index in [1.165, 1.54) is 25.3 Å². The zero-order valence-corrected chi connectivity index (χ0v) is 19.8. The van der Waals surface area contributed by atoms with E-state index in [2.05, 4.69) is 31.9 Å². The van der Waals surface area contributed by atoms with Gasteiger partial charge in [-0.05, 0) is 42.5 Å². The molecular weight excluding hydrogens is 543 g/mol. The molecule has 8 nitrogen and oxygen atoms in total. The summed E-state index contributed by atoms with van der Waals surface area (Å²) in [7, 11) is 1.39. The lowest BCUT2D eigenvalue weighted by Gasteiger charge is -2.28. The predicted molar refractivity (Wildman–Crippen MR) is 125 cm³/mol. The number of rotatable bonds is 6. The van der Waals surface area contributed by atoms with Crippen molar-refractivity contribution in [3.63, 3.8) is 0 Å². The minimum atomic E-state index is -1.97. The molecule has 0 aliphatic heterocycles. The summed E-state index contributed by atoms with van der Waals surface area (Å²) in [5.74, 6) is -0.212. The van der Waals surface area contributed by atoms with E-state index >= 15 is 0 Å². The molecule has 1 amide bonds. The Morgan fingerprint density at radius 1 is 1.20 bits per heavy atom. The molecule has 2 aromatic rings. The smallest absolute Gasteiger partial charge is 0.271 e. The van der Waals surface area contributed by atoms with Crippen LogP contribution in [-0.4, -0.2) is 33.0 Å². The maximum absolute atomic E-state index is 12.5. The Morgan fingerprint density at radius 2 is 1.83 bits per heavy atom. The molecule has 0 spiro atoms. The van der Waals surface area contributed by atoms with Crippen LogP contribution in [0.2, 0.25) is 0 Å². The number of amides is 1. The molecule has 0 bridgehead atoms. The van der Waals surface area contributed by atoms with E-state index in [9.17, 15) is 14.9 Å². The van der Waals surface area contributed by atoms with Gasteiger partial charge < -0.3 is 20.7 Å². The molecule has 3 N–H and O–H groups in total. The SMILES string of the molecule is COc1ccc([N+](=O)[O-])cc1NC(=S)NC(NC(=O)c1ccc(Br)cc1)C(Cl)(Cl)Cl. The number of carbonyl (C=O) groups excluding carboxylic acids is 1. The maximum Gasteiger partial charge on any atom is 0.271 e. The minimum absolute atomic E-state index is 0.0683. The summed E-state index contributed by atoms with van der Waals surface area (Å²) in [6, 6.07) is 10.5. The van der Waals surface area contributed by atoms with E-state index in [1.54, 1.807) is 24.3 Å². The second kappa shape index (κ2) is 10.5. The molecule has 0 heterocycles. The van der Waals surface area contributed by atoms with Crippen molar-refractivity contribution in [3.05, 3.63) is 62.6 Å². The summed E-state index contributed by atoms with van der Waals surface area (Å²) < 4.78 is 3.99. The fourth-order valence-corrected chi connectivity index (χ4v) is 3.03. The predicted octanol–water partition coefficient (Wildman–Crippen LogP) is 4.78. The van der Waals surface area contributed by atoms with Gasteiger partial charge in [0, 0.05) is 22.2 Å². The monoisotopic (exact) mass is 554 g/mol. The van der Waals surface area contributed by atoms with Crippen molar-refractivity contribution in [2.24, 2.45) is 0 Å². The fraction of sp³-hybridized carbons (Fsp3) is 0.176. The van der Waals surface area contributed by atoms with Gasteiger partial charge in [-0.2, -0.15) is 0 Å². The molecule has 2 rings (SSSR count). The van der Waals surface area contributed by atoms with Crippen LogP contribution in [0, 0.1) is 10.1 Å². The van der Waals surface area contributed by atoms with Crippen molar-refractivity contribution in [1.29, 1.82) is 0 Å². The number of nitro groups is 1. The first-order valence-corrected chi connectivity index (χ1v) is 10.4. The third kappa shape index (κ3) is 6.85. The Bertz CT molecular complexity index is 957. The number of ether oxygens (including phenoxy) is 1. The van der Waals surface area contributed by atoms with Gasteiger partial charge in [-0.1, -0.05) is 50.7 Å². The molecule has 0 aromatic heterocycles. The van der Waals surface area contributed by atoms with Crippen molar-refractivity contribution < 1.29 is 14.5 Å². The summed E-state index contributed by atoms with van der Waals surface area (Å²) >= 11 is 26.4. The average Bonchev–Trinajstić information content (AvgIpc) is 2.67. The zero-order valence-electron chi connectivity index (χ0n) is 15.1. The van der Waals surface area contributed by atoms with E-state index in [-0.39, 0.29) is 16.5 Å². The number of non-ortho nitro benzene ring substituents is 1. The number of nitrogens with zero attached hydrogens (tertiary/aromatic N) is 1. The highest BCUT2D eigenvalue weighted by Gasteiger charge is 2.35. The van der Waals surface area contributed by atoms with Crippen LogP contribution >= 0.6 is 63.0 Å². The number of methoxy groups -OCH3 is 1. The molecule has 30 heavy (non-hydrogen) atoms. The van der Waals surface area contributed by atoms with Crippen LogP contribution < -0.4 is 20.7 Å². The summed E-state index contributed by atoms with van der Waals surface area (Å²) in [5.41, 5.74) is 0.368. The summed E-state index contributed by atoms with van der Waals surface area (Å²) in [6.45, 7) is 0. The highest BCUT2D eigenvalue weighted by molar-refractivity contribution is 9.10. The normalized spacial score (nSPS) is 11.9. The molecule has 1 unspecified atom stereocenters. The molecule has 0 saturated carbocycles. The van der Waals surface area contributed by atoms with Gasteiger partial charge in [-0.25, -0.2) is 0 Å². The standard InChI is InChI=1S/C17H14BrCl3N4O4S/c1-29-13-7-6-11(25(27)28)8-12(13)22-16(30)24-15(17(19,20)21)23-14(26)9-2-4-10(18)5-3-9/h2-8,15H,1H3,(H,23,26)(H2,22,24,30). The van der Waals surface area contributed by atoms with Crippen LogP contribution in [0.5, 0.6) is 5.75 Å². The number of carbonyl (C=O) groups is 1. The van der Waals surface area contributed by atoms with Crippen molar-refractivity contribution in [3.8, 4) is 5.75 Å². The number of hydrogen-bond donors (Lipinski definition) is 3. The van der Waals surface area contributed by atoms with Crippen molar-refractivity contribution >= 4 is 85.3 Å². The Balaban J connectivity index is 2.16. The Kier molecular flexibility index (Phi) is 8.51. The molecule has 160 valence electrons. The molecular formula is C17H14BrCl3N4O4S. The lowest BCUT2D eigenvalue weighted by Crippen LogP contribution is -2.56. The lowest BCUT2D eigenvalue weighted by molar-refractivity contribution is -0.384. The van der Waals surface area contributed by atoms with Crippen LogP contribution in [0.15, 0.2) is 46.9 Å². The van der Waals surface area contributed by atoms with E-state index < -0.39 is 20.8 Å². The molecule has 0 fully saturated rings. The first kappa shape index (κ1) is 24.4. The van der Waals surface area contributed by atoms with Gasteiger partial charge in [0.2, 0.25) is 3.79 Å². The molecule has 0 saturated heterocycles. The molecule has 2 aromatic carbocycles. The van der Waals surface area contributed by atoms with Gasteiger partial charge in [-0.3, -0.25) is 14.9 Å². The van der Waals surface area contributed by atoms with Crippen molar-refractivity contribution in [1.82, 2.24) is 10.6 Å². The van der Waals surface area contributed by atoms with E-state index in [1.807, 2.05) is 0 Å². The number of hydrogen-bond acceptors (Lipinski definition) is 5. The van der Waals surface area contributed by atoms with Gasteiger partial charge in [0.15, 0.2) is 5.11 Å². The molecule has 0 aliphatic carbocycles. The Morgan fingerprint density at radius 3 is 2.37 bits per heavy atom. The van der Waals surface area contributed by atoms with Crippen LogP contribution in [0.3, 0.4) is 0 Å². The first-order chi connectivity index (χ1) is 14.0. The van der Waals surface area contributed by atoms with Crippen LogP contribution in [-0.2, 0) is 0 Å². The zero-order chi connectivity index (χ0) is 22.5. The highest BCUT2D eigenvalue weighted by atomic mass is 79.9. The second-order valence-electron chi connectivity index (χ2n) is 5.70. The number of nitrogens with one attached hydrogen (secondary N) is 3. The van der Waals surface area contributed by atoms with Gasteiger partial charge in [0.25, 0.3) is 11.6 Å². The summed E-state index contributed by atoms with van der Waals surface area (Å²) in [4.78, 5) is 22.9. The largest absolute Gasteiger partial charge is 0.495 e. The van der Waals surface area contributed by atoms with E-state index in [4.69, 9.17) is 51.8 Å². The maximum atomic E-state index is 12.5. The minimum Gasteiger partial charge on any atom is -0.495 e. The average molecular weight is 557 g/mol. The molecule has 1 atom stereocenters. The number of alkyl halides is 3. The second-order valence-corrected chi connectivity index (χ2v) is 9.39. The van der Waals surface area contributed by atoms with Gasteiger partial charge in [-0.15, -0.1) is 0 Å². The number of benzene rings is 2. The fourth-order valence-electron chi connectivity index (χ4n) is 2.21. The number of halogens is 4. The lowest BCUT2D eigenvalue weighted by atomic mass is 10.2. The third-order valence-corrected chi connectivity index (χ3v) is 5.03. The topological polar surface area (TPSA) is 106 Å². The van der Waals surface area contributed by atoms with Gasteiger partial charge in [0.05, 0.1) is 17.7 Å². The van der Waals surface area contributed by atoms with Gasteiger partial charge >= 0.3 is 0 Å². The number of nitro benzene ring substituents is 1. The van der Waals surface area contributed by atoms with Crippen LogP contribution in [0.25, 0.3) is 0 Å². The molecule has 0 aliphatic rings. The summed E-state index contributed by atoms with van der Waals surface area (Å²) in [5, 5.41) is 18.9. The van der Waals surface area contributed by atoms with Crippen LogP contribution in [0.4, 0.5) is 11.4 Å². The number of thiocarbonyl (C=S) groups is 1.